The number of esters is 2. The van der Waals surface area contributed by atoms with Crippen molar-refractivity contribution in [2.24, 2.45) is 0 Å². The molecule has 0 atom stereocenters. The molecule has 126 valence electrons. The molecule has 0 N–H and O–H groups in total. The Morgan fingerprint density at radius 2 is 2.00 bits per heavy atom. The van der Waals surface area contributed by atoms with Crippen LogP contribution in [0.15, 0.2) is 27.9 Å². The van der Waals surface area contributed by atoms with Gasteiger partial charge in [-0.25, -0.2) is 9.59 Å². The second kappa shape index (κ2) is 7.66. The summed E-state index contributed by atoms with van der Waals surface area (Å²) < 4.78 is 15.3. The van der Waals surface area contributed by atoms with Crippen LogP contribution in [0.3, 0.4) is 0 Å². The number of hydrogen-bond acceptors (Lipinski definition) is 7. The number of halogens is 2. The molecule has 1 heterocycles. The molecule has 1 aliphatic rings. The van der Waals surface area contributed by atoms with Crippen molar-refractivity contribution >= 4 is 45.2 Å². The Bertz CT molecular complexity index is 749. The van der Waals surface area contributed by atoms with Crippen molar-refractivity contribution in [1.82, 2.24) is 0 Å². The Kier molecular flexibility index (Phi) is 5.83. The molecule has 0 saturated carbocycles. The predicted octanol–water partition coefficient (Wildman–Crippen LogP) is 2.37. The predicted molar refractivity (Wildman–Crippen MR) is 88.2 cm³/mol. The zero-order chi connectivity index (χ0) is 17.9. The van der Waals surface area contributed by atoms with Crippen molar-refractivity contribution in [1.29, 1.82) is 5.26 Å². The van der Waals surface area contributed by atoms with Crippen LogP contribution in [0.5, 0.6) is 0 Å². The molecular formula is C15H12BrClN2O5. The van der Waals surface area contributed by atoms with Gasteiger partial charge in [0.1, 0.15) is 12.4 Å². The maximum atomic E-state index is 12.2. The van der Waals surface area contributed by atoms with E-state index in [1.165, 1.54) is 25.2 Å². The topological polar surface area (TPSA) is 88.9 Å². The molecule has 0 fully saturated rings. The fraction of sp³-hybridized carbons (Fsp3) is 0.267. The average Bonchev–Trinajstić information content (AvgIpc) is 2.59. The van der Waals surface area contributed by atoms with E-state index in [4.69, 9.17) is 31.1 Å². The van der Waals surface area contributed by atoms with Gasteiger partial charge in [-0.2, -0.15) is 5.26 Å². The summed E-state index contributed by atoms with van der Waals surface area (Å²) in [7, 11) is 2.40. The van der Waals surface area contributed by atoms with E-state index in [2.05, 4.69) is 15.9 Å². The van der Waals surface area contributed by atoms with Crippen molar-refractivity contribution in [3.05, 3.63) is 38.5 Å². The van der Waals surface area contributed by atoms with Crippen LogP contribution in [-0.2, 0) is 23.8 Å². The van der Waals surface area contributed by atoms with Gasteiger partial charge >= 0.3 is 11.9 Å². The summed E-state index contributed by atoms with van der Waals surface area (Å²) in [6.07, 6.45) is 0. The highest BCUT2D eigenvalue weighted by Crippen LogP contribution is 2.39. The smallest absolute Gasteiger partial charge is 0.355 e. The Hall–Kier alpha value is -2.08. The molecule has 0 saturated heterocycles. The molecule has 1 aromatic carbocycles. The number of carbonyl (C=O) groups excluding carboxylic acids is 2. The molecular weight excluding hydrogens is 404 g/mol. The molecule has 1 aromatic rings. The van der Waals surface area contributed by atoms with Gasteiger partial charge in [-0.15, -0.1) is 0 Å². The minimum atomic E-state index is -0.731. The van der Waals surface area contributed by atoms with Gasteiger partial charge < -0.3 is 19.1 Å². The number of hydrogen-bond donors (Lipinski definition) is 0. The molecule has 0 bridgehead atoms. The second-order valence-electron chi connectivity index (χ2n) is 4.62. The van der Waals surface area contributed by atoms with E-state index in [0.29, 0.717) is 15.7 Å². The van der Waals surface area contributed by atoms with Gasteiger partial charge in [0.05, 0.1) is 48.7 Å². The fourth-order valence-electron chi connectivity index (χ4n) is 2.21. The summed E-state index contributed by atoms with van der Waals surface area (Å²) in [5.41, 5.74) is 0.702. The molecule has 0 radical (unpaired) electrons. The third kappa shape index (κ3) is 3.38. The lowest BCUT2D eigenvalue weighted by atomic mass is 10.1. The Morgan fingerprint density at radius 3 is 2.54 bits per heavy atom. The number of anilines is 1. The van der Waals surface area contributed by atoms with Crippen LogP contribution >= 0.6 is 27.5 Å². The first-order valence-corrected chi connectivity index (χ1v) is 7.75. The first-order chi connectivity index (χ1) is 11.4. The maximum absolute atomic E-state index is 12.2. The fourth-order valence-corrected chi connectivity index (χ4v) is 3.32. The third-order valence-electron chi connectivity index (χ3n) is 3.25. The van der Waals surface area contributed by atoms with Crippen LogP contribution in [0.4, 0.5) is 5.69 Å². The molecule has 24 heavy (non-hydrogen) atoms. The largest absolute Gasteiger partial charge is 0.466 e. The minimum Gasteiger partial charge on any atom is -0.466 e. The minimum absolute atomic E-state index is 0.0166. The van der Waals surface area contributed by atoms with Crippen molar-refractivity contribution in [3.63, 3.8) is 0 Å². The van der Waals surface area contributed by atoms with Gasteiger partial charge in [0, 0.05) is 4.47 Å². The number of ether oxygens (including phenoxy) is 3. The molecule has 0 amide bonds. The van der Waals surface area contributed by atoms with Gasteiger partial charge in [-0.3, -0.25) is 0 Å². The number of methoxy groups -OCH3 is 2. The zero-order valence-corrected chi connectivity index (χ0v) is 15.1. The van der Waals surface area contributed by atoms with Crippen molar-refractivity contribution in [2.75, 3.05) is 32.5 Å². The zero-order valence-electron chi connectivity index (χ0n) is 12.8. The van der Waals surface area contributed by atoms with Crippen LogP contribution in [0.25, 0.3) is 0 Å². The van der Waals surface area contributed by atoms with Gasteiger partial charge in [0.25, 0.3) is 0 Å². The number of nitriles is 1. The van der Waals surface area contributed by atoms with E-state index in [1.54, 1.807) is 6.07 Å². The highest BCUT2D eigenvalue weighted by atomic mass is 79.9. The van der Waals surface area contributed by atoms with Crippen LogP contribution in [-0.4, -0.2) is 39.5 Å². The quantitative estimate of drug-likeness (QED) is 0.700. The van der Waals surface area contributed by atoms with Crippen molar-refractivity contribution in [2.45, 2.75) is 0 Å². The van der Waals surface area contributed by atoms with Crippen LogP contribution in [0.1, 0.15) is 5.56 Å². The van der Waals surface area contributed by atoms with Gasteiger partial charge in [-0.1, -0.05) is 11.6 Å². The lowest BCUT2D eigenvalue weighted by molar-refractivity contribution is -0.140. The van der Waals surface area contributed by atoms with Gasteiger partial charge in [0.2, 0.25) is 0 Å². The SMILES string of the molecule is COC(=O)C1=C(C(=O)OC)N(c2c(Cl)cc(C#N)cc2Br)COC1. The number of carbonyl (C=O) groups is 2. The molecule has 2 rings (SSSR count). The first-order valence-electron chi connectivity index (χ1n) is 6.58. The molecule has 1 aliphatic heterocycles. The highest BCUT2D eigenvalue weighted by molar-refractivity contribution is 9.10. The highest BCUT2D eigenvalue weighted by Gasteiger charge is 2.34. The number of rotatable bonds is 3. The summed E-state index contributed by atoms with van der Waals surface area (Å²) in [5, 5.41) is 9.21. The maximum Gasteiger partial charge on any atom is 0.355 e. The normalized spacial score (nSPS) is 14.2. The van der Waals surface area contributed by atoms with Crippen LogP contribution in [0, 0.1) is 11.3 Å². The van der Waals surface area contributed by atoms with Gasteiger partial charge in [0.15, 0.2) is 0 Å². The van der Waals surface area contributed by atoms with E-state index in [9.17, 15) is 9.59 Å². The Balaban J connectivity index is 2.66. The number of nitrogens with zero attached hydrogens (tertiary/aromatic N) is 2. The summed E-state index contributed by atoms with van der Waals surface area (Å²) >= 11 is 9.58. The molecule has 7 nitrogen and oxygen atoms in total. The summed E-state index contributed by atoms with van der Waals surface area (Å²) in [4.78, 5) is 25.6. The van der Waals surface area contributed by atoms with E-state index in [0.717, 1.165) is 0 Å². The van der Waals surface area contributed by atoms with E-state index in [1.807, 2.05) is 6.07 Å². The van der Waals surface area contributed by atoms with Crippen molar-refractivity contribution < 1.29 is 23.8 Å². The van der Waals surface area contributed by atoms with E-state index in [-0.39, 0.29) is 29.6 Å². The van der Waals surface area contributed by atoms with Gasteiger partial charge in [-0.05, 0) is 28.1 Å². The summed E-state index contributed by atoms with van der Waals surface area (Å²) in [6, 6.07) is 4.97. The van der Waals surface area contributed by atoms with Crippen LogP contribution < -0.4 is 4.90 Å². The molecule has 9 heteroatoms. The Labute approximate surface area is 151 Å². The molecule has 0 aliphatic carbocycles. The van der Waals surface area contributed by atoms with E-state index < -0.39 is 11.9 Å². The molecule has 0 aromatic heterocycles. The average molecular weight is 416 g/mol. The number of benzene rings is 1. The first kappa shape index (κ1) is 18.3. The lowest BCUT2D eigenvalue weighted by Crippen LogP contribution is -2.39. The molecule has 0 unspecified atom stereocenters. The Morgan fingerprint density at radius 1 is 1.33 bits per heavy atom. The third-order valence-corrected chi connectivity index (χ3v) is 4.14. The van der Waals surface area contributed by atoms with Crippen molar-refractivity contribution in [3.8, 4) is 6.07 Å². The standard InChI is InChI=1S/C15H12BrClN2O5/c1-22-14(20)9-6-24-7-19(12(9)15(21)23-2)13-10(16)3-8(5-18)4-11(13)17/h3-4H,6-7H2,1-2H3. The van der Waals surface area contributed by atoms with E-state index >= 15 is 0 Å². The second-order valence-corrected chi connectivity index (χ2v) is 5.88. The van der Waals surface area contributed by atoms with Crippen LogP contribution in [0.2, 0.25) is 5.02 Å². The summed E-state index contributed by atoms with van der Waals surface area (Å²) in [5.74, 6) is -1.44. The molecule has 0 spiro atoms. The summed E-state index contributed by atoms with van der Waals surface area (Å²) in [6.45, 7) is -0.131. The lowest BCUT2D eigenvalue weighted by Gasteiger charge is -2.32. The monoisotopic (exact) mass is 414 g/mol.